The summed E-state index contributed by atoms with van der Waals surface area (Å²) in [5.74, 6) is 0. The summed E-state index contributed by atoms with van der Waals surface area (Å²) < 4.78 is 0. The number of hydrogen-bond donors (Lipinski definition) is 0. The maximum absolute atomic E-state index is 2.86. The molecule has 0 radical (unpaired) electrons. The molecular weight excluding hydrogens is 284 g/mol. The molecule has 4 heteroatoms. The zero-order chi connectivity index (χ0) is 16.4. The molecule has 0 saturated carbocycles. The maximum atomic E-state index is 2.86. The lowest BCUT2D eigenvalue weighted by atomic mass is 10.0. The molecule has 2 unspecified atom stereocenters. The molecule has 4 bridgehead atoms. The van der Waals surface area contributed by atoms with E-state index >= 15 is 0 Å². The molecular formula is C19H36N4. The van der Waals surface area contributed by atoms with E-state index in [1.807, 2.05) is 0 Å². The van der Waals surface area contributed by atoms with Gasteiger partial charge in [-0.25, -0.2) is 0 Å². The zero-order valence-corrected chi connectivity index (χ0v) is 15.8. The predicted octanol–water partition coefficient (Wildman–Crippen LogP) is 2.06. The summed E-state index contributed by atoms with van der Waals surface area (Å²) in [5, 5.41) is 0. The zero-order valence-electron chi connectivity index (χ0n) is 15.8. The monoisotopic (exact) mass is 320 g/mol. The standard InChI is InChI=1S/C19H36N4/c1-14(2)20-9-15-6-7-16(10-20)22(15)13-21-11-18-8-17(21)12-23(18)19(3,4)5/h14-18H,6-13H2,1-5H3/t15?,16?,17-,18-/m0/s1. The first-order valence-corrected chi connectivity index (χ1v) is 9.83. The Kier molecular flexibility index (Phi) is 4.03. The summed E-state index contributed by atoms with van der Waals surface area (Å²) in [6.45, 7) is 18.3. The van der Waals surface area contributed by atoms with E-state index in [2.05, 4.69) is 54.2 Å². The Morgan fingerprint density at radius 2 is 1.52 bits per heavy atom. The number of piperazine rings is 2. The van der Waals surface area contributed by atoms with Gasteiger partial charge in [0.15, 0.2) is 0 Å². The fraction of sp³-hybridized carbons (Fsp3) is 1.00. The van der Waals surface area contributed by atoms with Crippen LogP contribution in [0, 0.1) is 0 Å². The molecule has 4 nitrogen and oxygen atoms in total. The van der Waals surface area contributed by atoms with E-state index in [0.717, 1.165) is 24.2 Å². The average molecular weight is 321 g/mol. The van der Waals surface area contributed by atoms with Crippen LogP contribution in [0.5, 0.6) is 0 Å². The van der Waals surface area contributed by atoms with E-state index in [9.17, 15) is 0 Å². The van der Waals surface area contributed by atoms with Crippen LogP contribution in [0.15, 0.2) is 0 Å². The molecule has 0 spiro atoms. The minimum atomic E-state index is 0.341. The van der Waals surface area contributed by atoms with E-state index in [0.29, 0.717) is 11.6 Å². The quantitative estimate of drug-likeness (QED) is 0.789. The van der Waals surface area contributed by atoms with Crippen molar-refractivity contribution in [3.8, 4) is 0 Å². The highest BCUT2D eigenvalue weighted by atomic mass is 15.5. The van der Waals surface area contributed by atoms with Crippen LogP contribution in [0.25, 0.3) is 0 Å². The van der Waals surface area contributed by atoms with Gasteiger partial charge in [-0.05, 0) is 53.9 Å². The molecule has 4 rings (SSSR count). The maximum Gasteiger partial charge on any atom is 0.0516 e. The van der Waals surface area contributed by atoms with Gasteiger partial charge in [-0.15, -0.1) is 0 Å². The third-order valence-corrected chi connectivity index (χ3v) is 6.95. The Bertz CT molecular complexity index is 429. The van der Waals surface area contributed by atoms with Crippen LogP contribution in [-0.4, -0.2) is 88.2 Å². The molecule has 0 aliphatic carbocycles. The van der Waals surface area contributed by atoms with Crippen LogP contribution in [0.2, 0.25) is 0 Å². The van der Waals surface area contributed by atoms with Crippen LogP contribution < -0.4 is 0 Å². The molecule has 4 atom stereocenters. The molecule has 0 N–H and O–H groups in total. The van der Waals surface area contributed by atoms with Crippen molar-refractivity contribution < 1.29 is 0 Å². The van der Waals surface area contributed by atoms with Gasteiger partial charge >= 0.3 is 0 Å². The van der Waals surface area contributed by atoms with Gasteiger partial charge in [-0.2, -0.15) is 0 Å². The fourth-order valence-electron chi connectivity index (χ4n) is 5.63. The molecule has 4 aliphatic rings. The van der Waals surface area contributed by atoms with Gasteiger partial charge in [0, 0.05) is 61.9 Å². The number of rotatable bonds is 3. The second-order valence-electron chi connectivity index (χ2n) is 9.73. The molecule has 4 saturated heterocycles. The summed E-state index contributed by atoms with van der Waals surface area (Å²) in [6, 6.07) is 3.95. The van der Waals surface area contributed by atoms with Crippen molar-refractivity contribution in [1.29, 1.82) is 0 Å². The highest BCUT2D eigenvalue weighted by Crippen LogP contribution is 2.37. The molecule has 0 amide bonds. The van der Waals surface area contributed by atoms with Crippen molar-refractivity contribution >= 4 is 0 Å². The van der Waals surface area contributed by atoms with Crippen LogP contribution >= 0.6 is 0 Å². The van der Waals surface area contributed by atoms with Crippen molar-refractivity contribution in [3.63, 3.8) is 0 Å². The Balaban J connectivity index is 1.37. The van der Waals surface area contributed by atoms with Gasteiger partial charge in [0.2, 0.25) is 0 Å². The van der Waals surface area contributed by atoms with Gasteiger partial charge < -0.3 is 0 Å². The Labute approximate surface area is 142 Å². The summed E-state index contributed by atoms with van der Waals surface area (Å²) in [6.07, 6.45) is 4.24. The molecule has 0 aromatic carbocycles. The SMILES string of the molecule is CC(C)N1CC2CCC(C1)N2CN1C[C@@H]2C[C@H]1CN2C(C)(C)C. The molecule has 0 aromatic rings. The van der Waals surface area contributed by atoms with E-state index in [-0.39, 0.29) is 0 Å². The summed E-state index contributed by atoms with van der Waals surface area (Å²) in [7, 11) is 0. The van der Waals surface area contributed by atoms with Crippen molar-refractivity contribution in [3.05, 3.63) is 0 Å². The minimum absolute atomic E-state index is 0.341. The first-order valence-electron chi connectivity index (χ1n) is 9.83. The van der Waals surface area contributed by atoms with Crippen molar-refractivity contribution in [2.24, 2.45) is 0 Å². The normalized spacial score (nSPS) is 39.9. The number of hydrogen-bond acceptors (Lipinski definition) is 4. The minimum Gasteiger partial charge on any atom is -0.298 e. The lowest BCUT2D eigenvalue weighted by molar-refractivity contribution is -0.0166. The largest absolute Gasteiger partial charge is 0.298 e. The molecule has 23 heavy (non-hydrogen) atoms. The lowest BCUT2D eigenvalue weighted by Crippen LogP contribution is -2.60. The fourth-order valence-corrected chi connectivity index (χ4v) is 5.63. The smallest absolute Gasteiger partial charge is 0.0516 e. The van der Waals surface area contributed by atoms with Gasteiger partial charge in [0.25, 0.3) is 0 Å². The second kappa shape index (κ2) is 5.69. The van der Waals surface area contributed by atoms with Crippen LogP contribution in [-0.2, 0) is 0 Å². The van der Waals surface area contributed by atoms with Crippen molar-refractivity contribution in [2.75, 3.05) is 32.8 Å². The molecule has 0 aromatic heterocycles. The highest BCUT2D eigenvalue weighted by molar-refractivity contribution is 5.04. The van der Waals surface area contributed by atoms with Crippen LogP contribution in [0.4, 0.5) is 0 Å². The molecule has 4 heterocycles. The van der Waals surface area contributed by atoms with E-state index < -0.39 is 0 Å². The second-order valence-corrected chi connectivity index (χ2v) is 9.73. The van der Waals surface area contributed by atoms with Gasteiger partial charge in [-0.3, -0.25) is 19.6 Å². The Morgan fingerprint density at radius 3 is 2.00 bits per heavy atom. The Hall–Kier alpha value is -0.160. The van der Waals surface area contributed by atoms with Crippen LogP contribution in [0.1, 0.15) is 53.9 Å². The lowest BCUT2D eigenvalue weighted by Gasteiger charge is -2.47. The number of likely N-dealkylation sites (tertiary alicyclic amines) is 3. The first-order chi connectivity index (χ1) is 10.8. The van der Waals surface area contributed by atoms with Crippen molar-refractivity contribution in [2.45, 2.75) is 89.6 Å². The summed E-state index contributed by atoms with van der Waals surface area (Å²) >= 11 is 0. The topological polar surface area (TPSA) is 13.0 Å². The van der Waals surface area contributed by atoms with Crippen molar-refractivity contribution in [1.82, 2.24) is 19.6 Å². The molecule has 4 aliphatic heterocycles. The molecule has 132 valence electrons. The van der Waals surface area contributed by atoms with E-state index in [4.69, 9.17) is 0 Å². The molecule has 4 fully saturated rings. The number of fused-ring (bicyclic) bond motifs is 4. The Morgan fingerprint density at radius 1 is 0.870 bits per heavy atom. The van der Waals surface area contributed by atoms with Gasteiger partial charge in [0.1, 0.15) is 0 Å². The summed E-state index contributed by atoms with van der Waals surface area (Å²) in [4.78, 5) is 11.1. The van der Waals surface area contributed by atoms with Gasteiger partial charge in [-0.1, -0.05) is 0 Å². The average Bonchev–Trinajstić information content (AvgIpc) is 3.10. The predicted molar refractivity (Wildman–Crippen MR) is 95.6 cm³/mol. The van der Waals surface area contributed by atoms with Gasteiger partial charge in [0.05, 0.1) is 6.67 Å². The number of nitrogens with zero attached hydrogens (tertiary/aromatic N) is 4. The third kappa shape index (κ3) is 2.86. The van der Waals surface area contributed by atoms with E-state index in [1.165, 1.54) is 52.1 Å². The van der Waals surface area contributed by atoms with Crippen LogP contribution in [0.3, 0.4) is 0 Å². The summed E-state index contributed by atoms with van der Waals surface area (Å²) in [5.41, 5.74) is 0.341. The third-order valence-electron chi connectivity index (χ3n) is 6.95. The first kappa shape index (κ1) is 16.3. The highest BCUT2D eigenvalue weighted by Gasteiger charge is 2.49. The van der Waals surface area contributed by atoms with E-state index in [1.54, 1.807) is 0 Å².